The van der Waals surface area contributed by atoms with Crippen molar-refractivity contribution in [3.63, 3.8) is 0 Å². The number of halogens is 3. The van der Waals surface area contributed by atoms with Crippen LogP contribution >= 0.6 is 0 Å². The van der Waals surface area contributed by atoms with E-state index in [1.54, 1.807) is 6.07 Å². The Balaban J connectivity index is 2.34. The number of urea groups is 1. The minimum Gasteiger partial charge on any atom is -0.363 e. The SMILES string of the molecule is CN1C(=O)N(C)C(O)(C(F)(F)F)C(C(=O)c2ccccc2)C1c1ccccc1[N+](=O)[O-]. The van der Waals surface area contributed by atoms with Gasteiger partial charge in [-0.2, -0.15) is 13.2 Å². The number of amides is 2. The number of hydrogen-bond donors (Lipinski definition) is 1. The Hall–Kier alpha value is -3.47. The number of aliphatic hydroxyl groups is 1. The first kappa shape index (κ1) is 22.2. The molecule has 1 N–H and O–H groups in total. The Morgan fingerprint density at radius 2 is 1.65 bits per heavy atom. The molecule has 1 heterocycles. The molecule has 3 atom stereocenters. The lowest BCUT2D eigenvalue weighted by Crippen LogP contribution is -2.73. The second-order valence-electron chi connectivity index (χ2n) is 7.15. The molecule has 1 aliphatic rings. The van der Waals surface area contributed by atoms with Crippen LogP contribution in [0.3, 0.4) is 0 Å². The van der Waals surface area contributed by atoms with Gasteiger partial charge in [-0.1, -0.05) is 48.5 Å². The molecule has 2 amide bonds. The monoisotopic (exact) mass is 437 g/mol. The third-order valence-electron chi connectivity index (χ3n) is 5.48. The fourth-order valence-electron chi connectivity index (χ4n) is 3.92. The summed E-state index contributed by atoms with van der Waals surface area (Å²) in [5, 5.41) is 22.4. The Labute approximate surface area is 174 Å². The molecule has 0 bridgehead atoms. The Morgan fingerprint density at radius 3 is 2.19 bits per heavy atom. The van der Waals surface area contributed by atoms with Crippen LogP contribution < -0.4 is 0 Å². The van der Waals surface area contributed by atoms with Gasteiger partial charge in [0.1, 0.15) is 5.92 Å². The van der Waals surface area contributed by atoms with Crippen LogP contribution in [0.25, 0.3) is 0 Å². The maximum absolute atomic E-state index is 14.2. The highest BCUT2D eigenvalue weighted by atomic mass is 19.4. The average Bonchev–Trinajstić information content (AvgIpc) is 2.74. The number of carbonyl (C=O) groups is 2. The highest BCUT2D eigenvalue weighted by molar-refractivity contribution is 6.00. The van der Waals surface area contributed by atoms with Crippen molar-refractivity contribution < 1.29 is 32.8 Å². The third kappa shape index (κ3) is 3.40. The van der Waals surface area contributed by atoms with E-state index in [2.05, 4.69) is 0 Å². The number of carbonyl (C=O) groups excluding carboxylic acids is 2. The van der Waals surface area contributed by atoms with Gasteiger partial charge < -0.3 is 10.0 Å². The fraction of sp³-hybridized carbons (Fsp3) is 0.300. The number of alkyl halides is 3. The predicted molar refractivity (Wildman–Crippen MR) is 102 cm³/mol. The van der Waals surface area contributed by atoms with E-state index in [0.29, 0.717) is 0 Å². The molecule has 0 saturated carbocycles. The fourth-order valence-corrected chi connectivity index (χ4v) is 3.92. The topological polar surface area (TPSA) is 104 Å². The summed E-state index contributed by atoms with van der Waals surface area (Å²) in [5.74, 6) is -3.42. The van der Waals surface area contributed by atoms with Gasteiger partial charge in [0.25, 0.3) is 11.4 Å². The lowest BCUT2D eigenvalue weighted by atomic mass is 9.75. The summed E-state index contributed by atoms with van der Waals surface area (Å²) >= 11 is 0. The minimum atomic E-state index is -5.43. The Kier molecular flexibility index (Phi) is 5.49. The lowest BCUT2D eigenvalue weighted by molar-refractivity contribution is -0.386. The molecule has 1 fully saturated rings. The van der Waals surface area contributed by atoms with E-state index in [1.165, 1.54) is 42.5 Å². The van der Waals surface area contributed by atoms with Crippen LogP contribution in [0.1, 0.15) is 22.0 Å². The van der Waals surface area contributed by atoms with E-state index in [-0.39, 0.29) is 16.0 Å². The van der Waals surface area contributed by atoms with Crippen molar-refractivity contribution in [2.45, 2.75) is 17.9 Å². The second-order valence-corrected chi connectivity index (χ2v) is 7.15. The van der Waals surface area contributed by atoms with Gasteiger partial charge in [0.05, 0.1) is 16.5 Å². The van der Waals surface area contributed by atoms with Crippen LogP contribution in [0.15, 0.2) is 54.6 Å². The smallest absolute Gasteiger partial charge is 0.363 e. The molecule has 2 aromatic rings. The first-order valence-corrected chi connectivity index (χ1v) is 9.05. The van der Waals surface area contributed by atoms with Gasteiger partial charge in [-0.25, -0.2) is 4.79 Å². The zero-order chi connectivity index (χ0) is 23.1. The van der Waals surface area contributed by atoms with Crippen LogP contribution in [0.4, 0.5) is 23.7 Å². The van der Waals surface area contributed by atoms with Crippen molar-refractivity contribution in [3.05, 3.63) is 75.8 Å². The first-order valence-electron chi connectivity index (χ1n) is 9.05. The molecule has 3 rings (SSSR count). The molecule has 31 heavy (non-hydrogen) atoms. The van der Waals surface area contributed by atoms with Crippen molar-refractivity contribution in [2.75, 3.05) is 14.1 Å². The molecule has 1 aliphatic heterocycles. The predicted octanol–water partition coefficient (Wildman–Crippen LogP) is 3.38. The molecule has 2 aromatic carbocycles. The van der Waals surface area contributed by atoms with Crippen LogP contribution in [-0.2, 0) is 0 Å². The van der Waals surface area contributed by atoms with Crippen molar-refractivity contribution in [1.29, 1.82) is 0 Å². The van der Waals surface area contributed by atoms with Gasteiger partial charge in [0.15, 0.2) is 5.78 Å². The van der Waals surface area contributed by atoms with E-state index in [9.17, 15) is 38.0 Å². The molecule has 8 nitrogen and oxygen atoms in total. The maximum atomic E-state index is 14.2. The highest BCUT2D eigenvalue weighted by Gasteiger charge is 2.70. The molecular weight excluding hydrogens is 419 g/mol. The van der Waals surface area contributed by atoms with Crippen LogP contribution in [0.5, 0.6) is 0 Å². The summed E-state index contributed by atoms with van der Waals surface area (Å²) in [5.41, 5.74) is -4.92. The highest BCUT2D eigenvalue weighted by Crippen LogP contribution is 2.51. The number of nitrogens with zero attached hydrogens (tertiary/aromatic N) is 3. The normalized spacial score (nSPS) is 24.3. The molecule has 11 heteroatoms. The number of nitro benzene ring substituents is 1. The number of benzene rings is 2. The standard InChI is InChI=1S/C20H18F3N3O5/c1-24-16(13-10-6-7-11-14(13)26(30)31)15(17(27)12-8-4-3-5-9-12)19(29,20(21,22)23)25(2)18(24)28/h3-11,15-16,29H,1-2H3. The number of hydrogen-bond acceptors (Lipinski definition) is 5. The minimum absolute atomic E-state index is 0.0454. The molecule has 1 saturated heterocycles. The van der Waals surface area contributed by atoms with Gasteiger partial charge in [-0.05, 0) is 0 Å². The summed E-state index contributed by atoms with van der Waals surface area (Å²) in [4.78, 5) is 37.6. The van der Waals surface area contributed by atoms with Gasteiger partial charge >= 0.3 is 12.2 Å². The first-order chi connectivity index (χ1) is 14.4. The number of Topliss-reactive ketones (excluding diaryl/α,β-unsaturated/α-hetero) is 1. The van der Waals surface area contributed by atoms with Crippen molar-refractivity contribution in [1.82, 2.24) is 9.80 Å². The molecule has 164 valence electrons. The maximum Gasteiger partial charge on any atom is 0.437 e. The largest absolute Gasteiger partial charge is 0.437 e. The summed E-state index contributed by atoms with van der Waals surface area (Å²) in [6, 6.07) is 8.82. The van der Waals surface area contributed by atoms with Crippen molar-refractivity contribution in [2.24, 2.45) is 5.92 Å². The summed E-state index contributed by atoms with van der Waals surface area (Å²) in [7, 11) is 1.86. The van der Waals surface area contributed by atoms with E-state index in [1.807, 2.05) is 0 Å². The van der Waals surface area contributed by atoms with Crippen LogP contribution in [0, 0.1) is 16.0 Å². The van der Waals surface area contributed by atoms with Gasteiger partial charge in [-0.15, -0.1) is 0 Å². The number of nitro groups is 1. The van der Waals surface area contributed by atoms with Gasteiger partial charge in [0, 0.05) is 25.7 Å². The molecular formula is C20H18F3N3O5. The lowest BCUT2D eigenvalue weighted by Gasteiger charge is -2.52. The molecule has 0 aliphatic carbocycles. The van der Waals surface area contributed by atoms with Crippen molar-refractivity contribution in [3.8, 4) is 0 Å². The Bertz CT molecular complexity index is 1030. The Morgan fingerprint density at radius 1 is 1.10 bits per heavy atom. The number of rotatable bonds is 4. The summed E-state index contributed by atoms with van der Waals surface area (Å²) in [6.07, 6.45) is -5.43. The molecule has 0 radical (unpaired) electrons. The van der Waals surface area contributed by atoms with Gasteiger partial charge in [0.2, 0.25) is 0 Å². The van der Waals surface area contributed by atoms with Crippen LogP contribution in [0.2, 0.25) is 0 Å². The van der Waals surface area contributed by atoms with Gasteiger partial charge in [-0.3, -0.25) is 19.8 Å². The summed E-state index contributed by atoms with van der Waals surface area (Å²) < 4.78 is 42.6. The number of ketones is 1. The number of para-hydroxylation sites is 1. The average molecular weight is 437 g/mol. The van der Waals surface area contributed by atoms with E-state index in [0.717, 1.165) is 25.1 Å². The molecule has 3 unspecified atom stereocenters. The van der Waals surface area contributed by atoms with Crippen molar-refractivity contribution >= 4 is 17.5 Å². The summed E-state index contributed by atoms with van der Waals surface area (Å²) in [6.45, 7) is 0. The van der Waals surface area contributed by atoms with E-state index in [4.69, 9.17) is 0 Å². The van der Waals surface area contributed by atoms with E-state index >= 15 is 0 Å². The quantitative estimate of drug-likeness (QED) is 0.449. The second kappa shape index (κ2) is 7.65. The van der Waals surface area contributed by atoms with E-state index < -0.39 is 46.3 Å². The van der Waals surface area contributed by atoms with Crippen LogP contribution in [-0.4, -0.2) is 57.6 Å². The third-order valence-corrected chi connectivity index (χ3v) is 5.48. The zero-order valence-electron chi connectivity index (χ0n) is 16.4. The molecule has 0 spiro atoms. The zero-order valence-corrected chi connectivity index (χ0v) is 16.4. The molecule has 0 aromatic heterocycles.